The van der Waals surface area contributed by atoms with Gasteiger partial charge in [-0.25, -0.2) is 0 Å². The molecule has 3 rings (SSSR count). The first-order valence-corrected chi connectivity index (χ1v) is 7.77. The fourth-order valence-electron chi connectivity index (χ4n) is 3.21. The van der Waals surface area contributed by atoms with Crippen LogP contribution in [0.5, 0.6) is 0 Å². The summed E-state index contributed by atoms with van der Waals surface area (Å²) in [6, 6.07) is 6.56. The molecule has 1 aromatic carbocycles. The fraction of sp³-hybridized carbons (Fsp3) is 0.333. The second-order valence-electron chi connectivity index (χ2n) is 5.91. The summed E-state index contributed by atoms with van der Waals surface area (Å²) in [4.78, 5) is 15.0. The molecule has 0 bridgehead atoms. The van der Waals surface area contributed by atoms with Crippen LogP contribution in [0.25, 0.3) is 11.1 Å². The van der Waals surface area contributed by atoms with Crippen LogP contribution in [-0.4, -0.2) is 4.98 Å². The largest absolute Gasteiger partial charge is 0.416 e. The van der Waals surface area contributed by atoms with Crippen LogP contribution in [0, 0.1) is 11.3 Å². The van der Waals surface area contributed by atoms with E-state index in [4.69, 9.17) is 0 Å². The molecular weight excluding hydrogens is 317 g/mol. The van der Waals surface area contributed by atoms with Gasteiger partial charge < -0.3 is 4.98 Å². The summed E-state index contributed by atoms with van der Waals surface area (Å²) in [5.41, 5.74) is 1.37. The number of hydrogen-bond donors (Lipinski definition) is 1. The highest BCUT2D eigenvalue weighted by molar-refractivity contribution is 5.74. The van der Waals surface area contributed by atoms with Crippen molar-refractivity contribution in [2.24, 2.45) is 0 Å². The van der Waals surface area contributed by atoms with E-state index in [1.54, 1.807) is 0 Å². The zero-order valence-electron chi connectivity index (χ0n) is 12.8. The van der Waals surface area contributed by atoms with E-state index in [2.05, 4.69) is 4.98 Å². The number of H-pyrrole nitrogens is 1. The van der Waals surface area contributed by atoms with Crippen molar-refractivity contribution in [3.63, 3.8) is 0 Å². The van der Waals surface area contributed by atoms with Gasteiger partial charge in [0.2, 0.25) is 0 Å². The fourth-order valence-corrected chi connectivity index (χ4v) is 3.21. The summed E-state index contributed by atoms with van der Waals surface area (Å²) >= 11 is 0. The van der Waals surface area contributed by atoms with Crippen molar-refractivity contribution in [3.8, 4) is 17.2 Å². The topological polar surface area (TPSA) is 56.6 Å². The smallest absolute Gasteiger partial charge is 0.325 e. The van der Waals surface area contributed by atoms with E-state index in [0.29, 0.717) is 24.0 Å². The van der Waals surface area contributed by atoms with E-state index in [0.717, 1.165) is 42.7 Å². The molecule has 0 atom stereocenters. The van der Waals surface area contributed by atoms with Crippen molar-refractivity contribution < 1.29 is 13.2 Å². The lowest BCUT2D eigenvalue weighted by Gasteiger charge is -2.15. The zero-order chi connectivity index (χ0) is 17.3. The Morgan fingerprint density at radius 2 is 1.71 bits per heavy atom. The van der Waals surface area contributed by atoms with E-state index in [9.17, 15) is 23.2 Å². The quantitative estimate of drug-likeness (QED) is 0.796. The summed E-state index contributed by atoms with van der Waals surface area (Å²) in [5, 5.41) is 9.37. The van der Waals surface area contributed by atoms with E-state index in [-0.39, 0.29) is 5.56 Å². The molecule has 0 spiro atoms. The Kier molecular flexibility index (Phi) is 4.18. The molecule has 124 valence electrons. The van der Waals surface area contributed by atoms with Crippen molar-refractivity contribution in [2.45, 2.75) is 38.3 Å². The molecule has 24 heavy (non-hydrogen) atoms. The van der Waals surface area contributed by atoms with Gasteiger partial charge in [0, 0.05) is 11.3 Å². The third-order valence-corrected chi connectivity index (χ3v) is 4.37. The van der Waals surface area contributed by atoms with Gasteiger partial charge in [-0.05, 0) is 48.9 Å². The number of rotatable bonds is 1. The molecule has 6 heteroatoms. The molecule has 3 nitrogen and oxygen atoms in total. The average Bonchev–Trinajstić information content (AvgIpc) is 2.78. The highest BCUT2D eigenvalue weighted by atomic mass is 19.4. The van der Waals surface area contributed by atoms with Crippen LogP contribution in [0.15, 0.2) is 29.1 Å². The maximum Gasteiger partial charge on any atom is 0.416 e. The minimum atomic E-state index is -4.42. The van der Waals surface area contributed by atoms with Gasteiger partial charge >= 0.3 is 6.18 Å². The SMILES string of the molecule is N#Cc1c(-c2ccc(C(F)(F)F)cc2)c2c([nH]c1=O)CCCCC2. The van der Waals surface area contributed by atoms with Crippen molar-refractivity contribution in [1.29, 1.82) is 5.26 Å². The molecule has 2 aromatic rings. The first-order chi connectivity index (χ1) is 11.4. The first kappa shape index (κ1) is 16.3. The highest BCUT2D eigenvalue weighted by Crippen LogP contribution is 2.34. The normalized spacial score (nSPS) is 14.6. The number of alkyl halides is 3. The number of nitrogens with zero attached hydrogens (tertiary/aromatic N) is 1. The number of hydrogen-bond acceptors (Lipinski definition) is 2. The van der Waals surface area contributed by atoms with Crippen LogP contribution in [0.1, 0.15) is 41.6 Å². The number of aromatic amines is 1. The lowest BCUT2D eigenvalue weighted by molar-refractivity contribution is -0.137. The lowest BCUT2D eigenvalue weighted by atomic mass is 9.92. The van der Waals surface area contributed by atoms with Crippen LogP contribution in [0.4, 0.5) is 13.2 Å². The Morgan fingerprint density at radius 3 is 2.33 bits per heavy atom. The predicted octanol–water partition coefficient (Wildman–Crippen LogP) is 4.20. The standard InChI is InChI=1S/C18H15F3N2O/c19-18(20,21)12-8-6-11(7-9-12)16-13-4-2-1-3-5-15(13)23-17(24)14(16)10-22/h6-9H,1-5H2,(H,23,24). The van der Waals surface area contributed by atoms with Gasteiger partial charge in [-0.15, -0.1) is 0 Å². The molecule has 1 aromatic heterocycles. The number of aromatic nitrogens is 1. The molecule has 0 unspecified atom stereocenters. The molecule has 1 N–H and O–H groups in total. The van der Waals surface area contributed by atoms with E-state index in [1.165, 1.54) is 12.1 Å². The molecule has 0 fully saturated rings. The first-order valence-electron chi connectivity index (χ1n) is 7.77. The number of nitriles is 1. The molecule has 1 aliphatic carbocycles. The Labute approximate surface area is 136 Å². The Balaban J connectivity index is 2.21. The van der Waals surface area contributed by atoms with Gasteiger partial charge in [-0.1, -0.05) is 18.6 Å². The summed E-state index contributed by atoms with van der Waals surface area (Å²) < 4.78 is 38.3. The molecule has 0 saturated heterocycles. The average molecular weight is 332 g/mol. The Bertz CT molecular complexity index is 858. The van der Waals surface area contributed by atoms with Crippen molar-refractivity contribution in [1.82, 2.24) is 4.98 Å². The number of halogens is 3. The number of nitrogens with one attached hydrogen (secondary N) is 1. The van der Waals surface area contributed by atoms with Gasteiger partial charge in [0.1, 0.15) is 11.6 Å². The highest BCUT2D eigenvalue weighted by Gasteiger charge is 2.30. The van der Waals surface area contributed by atoms with E-state index >= 15 is 0 Å². The van der Waals surface area contributed by atoms with Crippen molar-refractivity contribution in [3.05, 3.63) is 57.0 Å². The monoisotopic (exact) mass is 332 g/mol. The number of fused-ring (bicyclic) bond motifs is 1. The summed E-state index contributed by atoms with van der Waals surface area (Å²) in [6.07, 6.45) is -0.105. The maximum atomic E-state index is 12.8. The van der Waals surface area contributed by atoms with Crippen molar-refractivity contribution in [2.75, 3.05) is 0 Å². The lowest BCUT2D eigenvalue weighted by Crippen LogP contribution is -2.17. The molecule has 0 amide bonds. The Morgan fingerprint density at radius 1 is 1.04 bits per heavy atom. The molecule has 0 aliphatic heterocycles. The number of aryl methyl sites for hydroxylation is 1. The minimum absolute atomic E-state index is 0.0320. The predicted molar refractivity (Wildman–Crippen MR) is 83.5 cm³/mol. The minimum Gasteiger partial charge on any atom is -0.325 e. The van der Waals surface area contributed by atoms with E-state index < -0.39 is 17.3 Å². The van der Waals surface area contributed by atoms with Gasteiger partial charge in [0.15, 0.2) is 0 Å². The Hall–Kier alpha value is -2.55. The zero-order valence-corrected chi connectivity index (χ0v) is 12.8. The molecular formula is C18H15F3N2O. The molecule has 1 aliphatic rings. The van der Waals surface area contributed by atoms with E-state index in [1.807, 2.05) is 6.07 Å². The third kappa shape index (κ3) is 2.94. The van der Waals surface area contributed by atoms with Crippen LogP contribution >= 0.6 is 0 Å². The van der Waals surface area contributed by atoms with Gasteiger partial charge in [0.25, 0.3) is 5.56 Å². The number of pyridine rings is 1. The molecule has 0 saturated carbocycles. The third-order valence-electron chi connectivity index (χ3n) is 4.37. The molecule has 0 radical (unpaired) electrons. The number of benzene rings is 1. The van der Waals surface area contributed by atoms with Crippen LogP contribution < -0.4 is 5.56 Å². The molecule has 1 heterocycles. The second kappa shape index (κ2) is 6.16. The van der Waals surface area contributed by atoms with Gasteiger partial charge in [-0.3, -0.25) is 4.79 Å². The summed E-state index contributed by atoms with van der Waals surface area (Å²) in [7, 11) is 0. The summed E-state index contributed by atoms with van der Waals surface area (Å²) in [5.74, 6) is 0. The van der Waals surface area contributed by atoms with Gasteiger partial charge in [-0.2, -0.15) is 18.4 Å². The van der Waals surface area contributed by atoms with Crippen LogP contribution in [0.2, 0.25) is 0 Å². The van der Waals surface area contributed by atoms with Gasteiger partial charge in [0.05, 0.1) is 5.56 Å². The van der Waals surface area contributed by atoms with Crippen LogP contribution in [-0.2, 0) is 19.0 Å². The van der Waals surface area contributed by atoms with Crippen LogP contribution in [0.3, 0.4) is 0 Å². The second-order valence-corrected chi connectivity index (χ2v) is 5.91. The van der Waals surface area contributed by atoms with Crippen molar-refractivity contribution >= 4 is 0 Å². The maximum absolute atomic E-state index is 12.8. The summed E-state index contributed by atoms with van der Waals surface area (Å²) in [6.45, 7) is 0.